The van der Waals surface area contributed by atoms with Gasteiger partial charge in [0.1, 0.15) is 5.65 Å². The first-order chi connectivity index (χ1) is 5.83. The van der Waals surface area contributed by atoms with Crippen molar-refractivity contribution >= 4 is 5.65 Å². The zero-order chi connectivity index (χ0) is 8.55. The molecule has 0 aliphatic rings. The molecule has 0 spiro atoms. The smallest absolute Gasteiger partial charge is 0.137 e. The molecule has 2 aromatic rings. The number of hydrogen-bond acceptors (Lipinski definition) is 1. The fraction of sp³-hybridized carbons (Fsp3) is 0.300. The Labute approximate surface area is 71.9 Å². The average Bonchev–Trinajstić information content (AvgIpc) is 2.40. The van der Waals surface area contributed by atoms with Gasteiger partial charge in [0, 0.05) is 11.9 Å². The van der Waals surface area contributed by atoms with E-state index in [2.05, 4.69) is 29.4 Å². The molecule has 0 saturated carbocycles. The summed E-state index contributed by atoms with van der Waals surface area (Å²) in [7, 11) is 0. The van der Waals surface area contributed by atoms with Crippen molar-refractivity contribution in [2.75, 3.05) is 0 Å². The van der Waals surface area contributed by atoms with Crippen LogP contribution in [0.2, 0.25) is 0 Å². The number of imidazole rings is 1. The van der Waals surface area contributed by atoms with E-state index in [1.54, 1.807) is 0 Å². The minimum atomic E-state index is 1.04. The molecular formula is C10H12N2. The summed E-state index contributed by atoms with van der Waals surface area (Å²) in [6.45, 7) is 4.22. The second-order valence-corrected chi connectivity index (χ2v) is 2.93. The van der Waals surface area contributed by atoms with Crippen molar-refractivity contribution in [1.82, 2.24) is 9.38 Å². The van der Waals surface area contributed by atoms with E-state index >= 15 is 0 Å². The van der Waals surface area contributed by atoms with Crippen molar-refractivity contribution in [2.45, 2.75) is 20.3 Å². The molecule has 0 bridgehead atoms. The van der Waals surface area contributed by atoms with E-state index in [0.29, 0.717) is 0 Å². The molecule has 0 aliphatic carbocycles. The van der Waals surface area contributed by atoms with Crippen LogP contribution in [-0.2, 0) is 6.42 Å². The van der Waals surface area contributed by atoms with Gasteiger partial charge in [0.2, 0.25) is 0 Å². The van der Waals surface area contributed by atoms with Crippen LogP contribution in [0.4, 0.5) is 0 Å². The average molecular weight is 160 g/mol. The maximum absolute atomic E-state index is 4.45. The highest BCUT2D eigenvalue weighted by atomic mass is 15.0. The predicted molar refractivity (Wildman–Crippen MR) is 49.3 cm³/mol. The normalized spacial score (nSPS) is 10.8. The number of aromatic nitrogens is 2. The van der Waals surface area contributed by atoms with Crippen molar-refractivity contribution < 1.29 is 0 Å². The van der Waals surface area contributed by atoms with Gasteiger partial charge in [-0.3, -0.25) is 0 Å². The van der Waals surface area contributed by atoms with Crippen LogP contribution >= 0.6 is 0 Å². The largest absolute Gasteiger partial charge is 0.304 e. The van der Waals surface area contributed by atoms with Crippen LogP contribution in [0.5, 0.6) is 0 Å². The first-order valence-electron chi connectivity index (χ1n) is 4.25. The molecule has 0 aromatic carbocycles. The Kier molecular flexibility index (Phi) is 1.61. The minimum Gasteiger partial charge on any atom is -0.304 e. The summed E-state index contributed by atoms with van der Waals surface area (Å²) in [5, 5.41) is 0. The summed E-state index contributed by atoms with van der Waals surface area (Å²) in [6.07, 6.45) is 3.10. The molecule has 2 nitrogen and oxygen atoms in total. The fourth-order valence-electron chi connectivity index (χ4n) is 1.59. The van der Waals surface area contributed by atoms with Crippen LogP contribution in [0.25, 0.3) is 5.65 Å². The molecule has 0 fully saturated rings. The molecule has 0 aliphatic heterocycles. The van der Waals surface area contributed by atoms with E-state index in [4.69, 9.17) is 0 Å². The molecule has 0 unspecified atom stereocenters. The topological polar surface area (TPSA) is 17.3 Å². The van der Waals surface area contributed by atoms with Crippen LogP contribution in [0, 0.1) is 6.92 Å². The van der Waals surface area contributed by atoms with Crippen molar-refractivity contribution in [1.29, 1.82) is 0 Å². The molecule has 0 N–H and O–H groups in total. The summed E-state index contributed by atoms with van der Waals surface area (Å²) < 4.78 is 2.15. The molecule has 0 atom stereocenters. The molecule has 0 saturated heterocycles. The second kappa shape index (κ2) is 2.63. The first-order valence-corrected chi connectivity index (χ1v) is 4.25. The molecule has 2 heterocycles. The summed E-state index contributed by atoms with van der Waals surface area (Å²) in [4.78, 5) is 4.45. The maximum atomic E-state index is 4.45. The van der Waals surface area contributed by atoms with E-state index in [9.17, 15) is 0 Å². The Bertz CT molecular complexity index is 401. The molecule has 2 heteroatoms. The zero-order valence-electron chi connectivity index (χ0n) is 7.41. The third-order valence-corrected chi connectivity index (χ3v) is 2.16. The molecular weight excluding hydrogens is 148 g/mol. The van der Waals surface area contributed by atoms with Gasteiger partial charge in [0.05, 0.1) is 5.69 Å². The lowest BCUT2D eigenvalue weighted by Crippen LogP contribution is -1.90. The quantitative estimate of drug-likeness (QED) is 0.625. The summed E-state index contributed by atoms with van der Waals surface area (Å²) in [6, 6.07) is 6.08. The van der Waals surface area contributed by atoms with E-state index in [1.165, 1.54) is 5.69 Å². The first kappa shape index (κ1) is 7.35. The fourth-order valence-corrected chi connectivity index (χ4v) is 1.59. The second-order valence-electron chi connectivity index (χ2n) is 2.93. The number of rotatable bonds is 1. The van der Waals surface area contributed by atoms with Gasteiger partial charge in [-0.2, -0.15) is 0 Å². The van der Waals surface area contributed by atoms with E-state index in [1.807, 2.05) is 18.2 Å². The van der Waals surface area contributed by atoms with Crippen LogP contribution in [-0.4, -0.2) is 9.38 Å². The third kappa shape index (κ3) is 0.916. The van der Waals surface area contributed by atoms with Gasteiger partial charge in [-0.15, -0.1) is 0 Å². The molecule has 0 amide bonds. The van der Waals surface area contributed by atoms with E-state index in [-0.39, 0.29) is 0 Å². The molecule has 0 radical (unpaired) electrons. The van der Waals surface area contributed by atoms with Crippen LogP contribution in [0.3, 0.4) is 0 Å². The van der Waals surface area contributed by atoms with Gasteiger partial charge in [-0.1, -0.05) is 13.0 Å². The molecule has 62 valence electrons. The lowest BCUT2D eigenvalue weighted by molar-refractivity contribution is 0.978. The van der Waals surface area contributed by atoms with Crippen molar-refractivity contribution in [3.63, 3.8) is 0 Å². The SMILES string of the molecule is CCc1c(C)nc2ccccn12. The van der Waals surface area contributed by atoms with Gasteiger partial charge < -0.3 is 4.40 Å². The number of hydrogen-bond donors (Lipinski definition) is 0. The summed E-state index contributed by atoms with van der Waals surface area (Å²) in [5.74, 6) is 0. The number of aryl methyl sites for hydroxylation is 2. The number of fused-ring (bicyclic) bond motifs is 1. The summed E-state index contributed by atoms with van der Waals surface area (Å²) >= 11 is 0. The Morgan fingerprint density at radius 2 is 2.25 bits per heavy atom. The Balaban J connectivity index is 2.81. The van der Waals surface area contributed by atoms with Crippen molar-refractivity contribution in [3.8, 4) is 0 Å². The van der Waals surface area contributed by atoms with Gasteiger partial charge in [0.15, 0.2) is 0 Å². The molecule has 2 rings (SSSR count). The van der Waals surface area contributed by atoms with E-state index < -0.39 is 0 Å². The standard InChI is InChI=1S/C10H12N2/c1-3-9-8(2)11-10-6-4-5-7-12(9)10/h4-7H,3H2,1-2H3. The van der Waals surface area contributed by atoms with Crippen molar-refractivity contribution in [2.24, 2.45) is 0 Å². The van der Waals surface area contributed by atoms with Gasteiger partial charge in [-0.05, 0) is 25.5 Å². The molecule has 2 aromatic heterocycles. The third-order valence-electron chi connectivity index (χ3n) is 2.16. The van der Waals surface area contributed by atoms with Gasteiger partial charge in [0.25, 0.3) is 0 Å². The maximum Gasteiger partial charge on any atom is 0.137 e. The monoisotopic (exact) mass is 160 g/mol. The van der Waals surface area contributed by atoms with E-state index in [0.717, 1.165) is 17.8 Å². The van der Waals surface area contributed by atoms with Gasteiger partial charge in [-0.25, -0.2) is 4.98 Å². The van der Waals surface area contributed by atoms with Crippen LogP contribution in [0.15, 0.2) is 24.4 Å². The number of pyridine rings is 1. The molecule has 12 heavy (non-hydrogen) atoms. The highest BCUT2D eigenvalue weighted by Crippen LogP contribution is 2.11. The predicted octanol–water partition coefficient (Wildman–Crippen LogP) is 2.21. The number of nitrogens with zero attached hydrogens (tertiary/aromatic N) is 2. The highest BCUT2D eigenvalue weighted by Gasteiger charge is 2.03. The minimum absolute atomic E-state index is 1.04. The lowest BCUT2D eigenvalue weighted by atomic mass is 10.3. The summed E-state index contributed by atoms with van der Waals surface area (Å²) in [5.41, 5.74) is 3.50. The Morgan fingerprint density at radius 1 is 1.42 bits per heavy atom. The highest BCUT2D eigenvalue weighted by molar-refractivity contribution is 5.42. The lowest BCUT2D eigenvalue weighted by Gasteiger charge is -1.96. The van der Waals surface area contributed by atoms with Gasteiger partial charge >= 0.3 is 0 Å². The zero-order valence-corrected chi connectivity index (χ0v) is 7.41. The Morgan fingerprint density at radius 3 is 3.00 bits per heavy atom. The Hall–Kier alpha value is -1.31. The van der Waals surface area contributed by atoms with Crippen molar-refractivity contribution in [3.05, 3.63) is 35.8 Å². The van der Waals surface area contributed by atoms with Crippen LogP contribution < -0.4 is 0 Å². The van der Waals surface area contributed by atoms with Crippen LogP contribution in [0.1, 0.15) is 18.3 Å².